The fourth-order valence-corrected chi connectivity index (χ4v) is 4.58. The molecule has 3 rings (SSSR count). The van der Waals surface area contributed by atoms with Crippen molar-refractivity contribution in [3.05, 3.63) is 69.8 Å². The van der Waals surface area contributed by atoms with Crippen molar-refractivity contribution in [3.63, 3.8) is 0 Å². The van der Waals surface area contributed by atoms with Crippen molar-refractivity contribution in [3.8, 4) is 5.75 Å². The third-order valence-corrected chi connectivity index (χ3v) is 6.72. The third kappa shape index (κ3) is 8.13. The van der Waals surface area contributed by atoms with Gasteiger partial charge in [-0.25, -0.2) is 10.0 Å². The molecule has 0 saturated carbocycles. The van der Waals surface area contributed by atoms with E-state index in [2.05, 4.69) is 24.3 Å². The monoisotopic (exact) mass is 501 g/mol. The fraction of sp³-hybridized carbons (Fsp3) is 0.423. The summed E-state index contributed by atoms with van der Waals surface area (Å²) in [6.07, 6.45) is 2.25. The molecule has 0 saturated heterocycles. The number of benzene rings is 2. The smallest absolute Gasteiger partial charge is 0.475 e. The zero-order valence-electron chi connectivity index (χ0n) is 20.2. The Balaban J connectivity index is 1.48. The molecule has 2 aromatic carbocycles. The first-order valence-corrected chi connectivity index (χ1v) is 12.7. The summed E-state index contributed by atoms with van der Waals surface area (Å²) >= 11 is 1.63. The van der Waals surface area contributed by atoms with Gasteiger partial charge in [0.05, 0.1) is 6.61 Å². The van der Waals surface area contributed by atoms with Gasteiger partial charge in [0.15, 0.2) is 6.10 Å². The van der Waals surface area contributed by atoms with Crippen molar-refractivity contribution in [2.45, 2.75) is 51.2 Å². The number of thiophene rings is 1. The zero-order chi connectivity index (χ0) is 25.0. The minimum atomic E-state index is -0.503. The molecule has 0 unspecified atom stereocenters. The van der Waals surface area contributed by atoms with Crippen LogP contribution in [0.15, 0.2) is 60.0 Å². The summed E-state index contributed by atoms with van der Waals surface area (Å²) < 4.78 is 11.8. The molecular weight excluding hydrogens is 468 g/mol. The summed E-state index contributed by atoms with van der Waals surface area (Å²) in [7, 11) is 1.72. The van der Waals surface area contributed by atoms with Gasteiger partial charge in [0.25, 0.3) is 0 Å². The Kier molecular flexibility index (Phi) is 10.2. The number of amides is 1. The van der Waals surface area contributed by atoms with Crippen LogP contribution >= 0.6 is 11.3 Å². The molecule has 3 aromatic rings. The van der Waals surface area contributed by atoms with Gasteiger partial charge in [-0.1, -0.05) is 49.4 Å². The second-order valence-corrected chi connectivity index (χ2v) is 9.27. The van der Waals surface area contributed by atoms with E-state index in [1.807, 2.05) is 42.6 Å². The highest BCUT2D eigenvalue weighted by Gasteiger charge is 2.20. The Labute approximate surface area is 209 Å². The number of carbonyl (C=O) groups is 1. The van der Waals surface area contributed by atoms with Crippen LogP contribution < -0.4 is 4.74 Å². The van der Waals surface area contributed by atoms with Gasteiger partial charge in [-0.05, 0) is 48.6 Å². The zero-order valence-corrected chi connectivity index (χ0v) is 21.0. The molecule has 0 bridgehead atoms. The molecule has 0 fully saturated rings. The van der Waals surface area contributed by atoms with E-state index in [1.54, 1.807) is 23.3 Å². The van der Waals surface area contributed by atoms with Crippen LogP contribution in [-0.2, 0) is 9.57 Å². The second kappa shape index (κ2) is 13.5. The van der Waals surface area contributed by atoms with Gasteiger partial charge in [-0.15, -0.1) is 11.3 Å². The predicted octanol–water partition coefficient (Wildman–Crippen LogP) is 6.53. The highest BCUT2D eigenvalue weighted by Crippen LogP contribution is 2.33. The minimum absolute atomic E-state index is 0.186. The van der Waals surface area contributed by atoms with E-state index in [-0.39, 0.29) is 24.9 Å². The van der Waals surface area contributed by atoms with E-state index < -0.39 is 5.09 Å². The average molecular weight is 502 g/mol. The first-order chi connectivity index (χ1) is 17.0. The largest absolute Gasteiger partial charge is 0.484 e. The summed E-state index contributed by atoms with van der Waals surface area (Å²) in [5, 5.41) is 12.3. The topological polar surface area (TPSA) is 88.3 Å². The Morgan fingerprint density at radius 3 is 2.63 bits per heavy atom. The van der Waals surface area contributed by atoms with Crippen molar-refractivity contribution in [1.82, 2.24) is 4.90 Å². The Bertz CT molecular complexity index is 1070. The summed E-state index contributed by atoms with van der Waals surface area (Å²) in [5.41, 5.74) is 0. The number of fused-ring (bicyclic) bond motifs is 1. The van der Waals surface area contributed by atoms with Crippen LogP contribution in [0.5, 0.6) is 5.75 Å². The molecule has 0 aliphatic carbocycles. The maximum atomic E-state index is 12.4. The van der Waals surface area contributed by atoms with Crippen molar-refractivity contribution in [2.24, 2.45) is 0 Å². The summed E-state index contributed by atoms with van der Waals surface area (Å²) in [5.74, 6) is 0.822. The van der Waals surface area contributed by atoms with Gasteiger partial charge in [0, 0.05) is 30.3 Å². The van der Waals surface area contributed by atoms with Gasteiger partial charge < -0.3 is 14.4 Å². The van der Waals surface area contributed by atoms with Crippen LogP contribution in [0.4, 0.5) is 4.79 Å². The SMILES string of the molecule is CC[C@H](CCCCOC(=O)N(C)CC[C@H](Oc1cccc2ccccc12)c1cccs1)O[N+](=O)O. The maximum absolute atomic E-state index is 12.4. The van der Waals surface area contributed by atoms with E-state index >= 15 is 0 Å². The lowest BCUT2D eigenvalue weighted by atomic mass is 10.1. The van der Waals surface area contributed by atoms with E-state index in [9.17, 15) is 9.70 Å². The highest BCUT2D eigenvalue weighted by atomic mass is 32.1. The minimum Gasteiger partial charge on any atom is -0.484 e. The van der Waals surface area contributed by atoms with Gasteiger partial charge >= 0.3 is 11.2 Å². The van der Waals surface area contributed by atoms with Crippen LogP contribution in [-0.4, -0.2) is 47.6 Å². The summed E-state index contributed by atoms with van der Waals surface area (Å²) in [4.78, 5) is 30.4. The number of carbonyl (C=O) groups excluding carboxylic acids is 1. The highest BCUT2D eigenvalue weighted by molar-refractivity contribution is 7.10. The normalized spacial score (nSPS) is 12.6. The quantitative estimate of drug-likeness (QED) is 0.200. The lowest BCUT2D eigenvalue weighted by molar-refractivity contribution is -0.981. The molecule has 0 aliphatic heterocycles. The van der Waals surface area contributed by atoms with E-state index in [1.165, 1.54) is 0 Å². The molecule has 1 amide bonds. The molecule has 8 nitrogen and oxygen atoms in total. The van der Waals surface area contributed by atoms with Gasteiger partial charge in [-0.2, -0.15) is 4.84 Å². The Morgan fingerprint density at radius 2 is 1.89 bits per heavy atom. The number of hydrogen-bond donors (Lipinski definition) is 1. The first kappa shape index (κ1) is 26.3. The van der Waals surface area contributed by atoms with Gasteiger partial charge in [0.2, 0.25) is 0 Å². The number of rotatable bonds is 14. The molecule has 35 heavy (non-hydrogen) atoms. The van der Waals surface area contributed by atoms with Crippen LogP contribution in [0, 0.1) is 4.91 Å². The third-order valence-electron chi connectivity index (χ3n) is 5.76. The summed E-state index contributed by atoms with van der Waals surface area (Å²) in [6.45, 7) is 2.63. The molecule has 0 radical (unpaired) electrons. The molecule has 1 N–H and O–H groups in total. The van der Waals surface area contributed by atoms with Crippen LogP contribution in [0.25, 0.3) is 10.8 Å². The van der Waals surface area contributed by atoms with E-state index in [0.717, 1.165) is 21.4 Å². The van der Waals surface area contributed by atoms with Gasteiger partial charge in [-0.3, -0.25) is 0 Å². The maximum Gasteiger partial charge on any atom is 0.475 e. The lowest BCUT2D eigenvalue weighted by Crippen LogP contribution is -2.30. The predicted molar refractivity (Wildman–Crippen MR) is 135 cm³/mol. The Morgan fingerprint density at radius 1 is 1.09 bits per heavy atom. The number of nitrogens with zero attached hydrogens (tertiary/aromatic N) is 2. The molecule has 0 aliphatic rings. The average Bonchev–Trinajstić information content (AvgIpc) is 3.40. The van der Waals surface area contributed by atoms with E-state index in [4.69, 9.17) is 19.5 Å². The Hall–Kier alpha value is -3.33. The first-order valence-electron chi connectivity index (χ1n) is 11.9. The molecule has 0 spiro atoms. The van der Waals surface area contributed by atoms with E-state index in [0.29, 0.717) is 38.6 Å². The number of ether oxygens (including phenoxy) is 2. The molecule has 2 atom stereocenters. The van der Waals surface area contributed by atoms with Crippen molar-refractivity contribution in [1.29, 1.82) is 0 Å². The standard InChI is InChI=1S/C26H33N2O6S/c1-3-21(34-28(30)31)12-6-7-18-32-26(29)27(2)17-16-24(25-15-9-19-35-25)33-23-14-8-11-20-10-4-5-13-22(20)23/h4-5,8-11,13-15,19,21,24H,3,6-7,12,16-18H2,1-2H3,(H,30,31)/q+1/t21-,24+/m1/s1. The molecule has 1 heterocycles. The van der Waals surface area contributed by atoms with Crippen molar-refractivity contribution >= 4 is 28.2 Å². The number of hydrogen-bond acceptors (Lipinski definition) is 6. The number of unbranched alkanes of at least 4 members (excludes halogenated alkanes) is 1. The van der Waals surface area contributed by atoms with Crippen LogP contribution in [0.2, 0.25) is 0 Å². The van der Waals surface area contributed by atoms with Crippen molar-refractivity contribution < 1.29 is 29.4 Å². The molecule has 1 aromatic heterocycles. The fourth-order valence-electron chi connectivity index (χ4n) is 3.79. The lowest BCUT2D eigenvalue weighted by Gasteiger charge is -2.23. The summed E-state index contributed by atoms with van der Waals surface area (Å²) in [6, 6.07) is 18.2. The molecule has 9 heteroatoms. The second-order valence-electron chi connectivity index (χ2n) is 8.29. The molecular formula is C26H33N2O6S+. The van der Waals surface area contributed by atoms with Crippen LogP contribution in [0.1, 0.15) is 50.0 Å². The van der Waals surface area contributed by atoms with Crippen LogP contribution in [0.3, 0.4) is 0 Å². The van der Waals surface area contributed by atoms with Crippen molar-refractivity contribution in [2.75, 3.05) is 20.2 Å². The van der Waals surface area contributed by atoms with Gasteiger partial charge in [0.1, 0.15) is 16.8 Å². The molecule has 188 valence electrons.